The van der Waals surface area contributed by atoms with Gasteiger partial charge in [-0.15, -0.1) is 0 Å². The predicted octanol–water partition coefficient (Wildman–Crippen LogP) is 2.37. The minimum Gasteiger partial charge on any atom is -0.481 e. The second kappa shape index (κ2) is 4.33. The molecule has 0 heterocycles. The summed E-state index contributed by atoms with van der Waals surface area (Å²) in [6.07, 6.45) is -0.240. The zero-order valence-corrected chi connectivity index (χ0v) is 7.93. The van der Waals surface area contributed by atoms with Crippen LogP contribution in [-0.4, -0.2) is 11.1 Å². The maximum absolute atomic E-state index is 13.1. The fourth-order valence-corrected chi connectivity index (χ4v) is 1.17. The minimum atomic E-state index is -1.30. The van der Waals surface area contributed by atoms with Crippen LogP contribution >= 0.6 is 0 Å². The number of carboxylic acids is 1. The number of benzene rings is 1. The van der Waals surface area contributed by atoms with Crippen molar-refractivity contribution in [2.75, 3.05) is 0 Å². The monoisotopic (exact) mass is 218 g/mol. The van der Waals surface area contributed by atoms with E-state index in [0.717, 1.165) is 6.07 Å². The molecule has 1 atom stereocenters. The number of hydrogen-bond donors (Lipinski definition) is 1. The Morgan fingerprint density at radius 1 is 1.40 bits per heavy atom. The molecule has 0 saturated heterocycles. The number of carbonyl (C=O) groups is 1. The van der Waals surface area contributed by atoms with E-state index in [0.29, 0.717) is 6.07 Å². The molecular formula is C10H9F3O2. The number of aliphatic carboxylic acids is 1. The Bertz CT molecular complexity index is 390. The lowest BCUT2D eigenvalue weighted by Crippen LogP contribution is -2.13. The highest BCUT2D eigenvalue weighted by Crippen LogP contribution is 2.17. The Balaban J connectivity index is 2.99. The summed E-state index contributed by atoms with van der Waals surface area (Å²) in [5.41, 5.74) is -0.262. The lowest BCUT2D eigenvalue weighted by atomic mass is 10.0. The van der Waals surface area contributed by atoms with E-state index in [-0.39, 0.29) is 12.0 Å². The van der Waals surface area contributed by atoms with E-state index in [9.17, 15) is 18.0 Å². The summed E-state index contributed by atoms with van der Waals surface area (Å²) in [4.78, 5) is 10.5. The van der Waals surface area contributed by atoms with Gasteiger partial charge in [0.1, 0.15) is 5.82 Å². The van der Waals surface area contributed by atoms with Crippen LogP contribution in [0.2, 0.25) is 0 Å². The highest BCUT2D eigenvalue weighted by atomic mass is 19.2. The van der Waals surface area contributed by atoms with Gasteiger partial charge in [0.05, 0.1) is 5.92 Å². The molecule has 0 aliphatic carbocycles. The number of rotatable bonds is 3. The molecule has 1 aromatic rings. The van der Waals surface area contributed by atoms with E-state index < -0.39 is 29.3 Å². The maximum Gasteiger partial charge on any atom is 0.306 e. The zero-order chi connectivity index (χ0) is 11.6. The fourth-order valence-electron chi connectivity index (χ4n) is 1.17. The lowest BCUT2D eigenvalue weighted by Gasteiger charge is -2.07. The van der Waals surface area contributed by atoms with E-state index in [1.807, 2.05) is 0 Å². The first-order valence-electron chi connectivity index (χ1n) is 4.28. The Morgan fingerprint density at radius 3 is 2.53 bits per heavy atom. The summed E-state index contributed by atoms with van der Waals surface area (Å²) in [5, 5.41) is 8.56. The summed E-state index contributed by atoms with van der Waals surface area (Å²) in [6.45, 7) is 1.34. The average Bonchev–Trinajstić information content (AvgIpc) is 2.13. The third kappa shape index (κ3) is 2.71. The second-order valence-corrected chi connectivity index (χ2v) is 3.30. The van der Waals surface area contributed by atoms with Crippen LogP contribution in [0.15, 0.2) is 12.1 Å². The normalized spacial score (nSPS) is 12.5. The molecule has 0 aliphatic rings. The molecule has 0 aromatic heterocycles. The first kappa shape index (κ1) is 11.6. The molecule has 0 amide bonds. The molecule has 0 radical (unpaired) electrons. The standard InChI is InChI=1S/C10H9F3O2/c1-5(10(14)15)2-6-3-7(11)4-8(12)9(6)13/h3-5H,2H2,1H3,(H,14,15). The van der Waals surface area contributed by atoms with Crippen LogP contribution in [0.3, 0.4) is 0 Å². The van der Waals surface area contributed by atoms with Gasteiger partial charge in [-0.05, 0) is 18.1 Å². The highest BCUT2D eigenvalue weighted by molar-refractivity contribution is 5.69. The molecule has 0 bridgehead atoms. The van der Waals surface area contributed by atoms with Gasteiger partial charge in [0.25, 0.3) is 0 Å². The van der Waals surface area contributed by atoms with Gasteiger partial charge in [-0.2, -0.15) is 0 Å². The van der Waals surface area contributed by atoms with E-state index >= 15 is 0 Å². The largest absolute Gasteiger partial charge is 0.481 e. The first-order valence-corrected chi connectivity index (χ1v) is 4.28. The molecule has 1 unspecified atom stereocenters. The molecule has 0 saturated carbocycles. The highest BCUT2D eigenvalue weighted by Gasteiger charge is 2.17. The molecule has 2 nitrogen and oxygen atoms in total. The molecule has 0 fully saturated rings. The van der Waals surface area contributed by atoms with Gasteiger partial charge in [0.2, 0.25) is 0 Å². The van der Waals surface area contributed by atoms with Crippen molar-refractivity contribution >= 4 is 5.97 Å². The van der Waals surface area contributed by atoms with Crippen LogP contribution in [0.1, 0.15) is 12.5 Å². The number of halogens is 3. The molecule has 0 aliphatic heterocycles. The summed E-state index contributed by atoms with van der Waals surface area (Å²) >= 11 is 0. The third-order valence-electron chi connectivity index (χ3n) is 2.02. The third-order valence-corrected chi connectivity index (χ3v) is 2.02. The Morgan fingerprint density at radius 2 is 2.00 bits per heavy atom. The predicted molar refractivity (Wildman–Crippen MR) is 46.8 cm³/mol. The van der Waals surface area contributed by atoms with Crippen LogP contribution in [0, 0.1) is 23.4 Å². The smallest absolute Gasteiger partial charge is 0.306 e. The van der Waals surface area contributed by atoms with Crippen molar-refractivity contribution < 1.29 is 23.1 Å². The molecule has 1 rings (SSSR count). The van der Waals surface area contributed by atoms with Crippen molar-refractivity contribution in [1.29, 1.82) is 0 Å². The quantitative estimate of drug-likeness (QED) is 0.791. The maximum atomic E-state index is 13.1. The molecule has 0 spiro atoms. The van der Waals surface area contributed by atoms with E-state index in [1.54, 1.807) is 0 Å². The molecule has 15 heavy (non-hydrogen) atoms. The minimum absolute atomic E-state index is 0.240. The summed E-state index contributed by atoms with van der Waals surface area (Å²) in [6, 6.07) is 1.22. The van der Waals surface area contributed by atoms with Gasteiger partial charge in [-0.1, -0.05) is 6.92 Å². The van der Waals surface area contributed by atoms with E-state index in [2.05, 4.69) is 0 Å². The molecule has 5 heteroatoms. The van der Waals surface area contributed by atoms with Crippen molar-refractivity contribution in [3.05, 3.63) is 35.1 Å². The summed E-state index contributed by atoms with van der Waals surface area (Å²) in [5.74, 6) is -5.44. The molecular weight excluding hydrogens is 209 g/mol. The van der Waals surface area contributed by atoms with E-state index in [4.69, 9.17) is 5.11 Å². The Kier molecular flexibility index (Phi) is 3.34. The van der Waals surface area contributed by atoms with Crippen molar-refractivity contribution in [2.45, 2.75) is 13.3 Å². The van der Waals surface area contributed by atoms with Crippen molar-refractivity contribution in [1.82, 2.24) is 0 Å². The number of hydrogen-bond acceptors (Lipinski definition) is 1. The van der Waals surface area contributed by atoms with Crippen LogP contribution in [0.25, 0.3) is 0 Å². The van der Waals surface area contributed by atoms with Crippen LogP contribution in [0.5, 0.6) is 0 Å². The lowest BCUT2D eigenvalue weighted by molar-refractivity contribution is -0.141. The van der Waals surface area contributed by atoms with E-state index in [1.165, 1.54) is 6.92 Å². The summed E-state index contributed by atoms with van der Waals surface area (Å²) < 4.78 is 38.5. The van der Waals surface area contributed by atoms with Gasteiger partial charge in [0, 0.05) is 6.07 Å². The van der Waals surface area contributed by atoms with Crippen LogP contribution < -0.4 is 0 Å². The van der Waals surface area contributed by atoms with Gasteiger partial charge < -0.3 is 5.11 Å². The molecule has 1 aromatic carbocycles. The Hall–Kier alpha value is -1.52. The Labute approximate surface area is 84.3 Å². The molecule has 1 N–H and O–H groups in total. The zero-order valence-electron chi connectivity index (χ0n) is 7.93. The average molecular weight is 218 g/mol. The fraction of sp³-hybridized carbons (Fsp3) is 0.300. The van der Waals surface area contributed by atoms with Crippen molar-refractivity contribution in [3.63, 3.8) is 0 Å². The second-order valence-electron chi connectivity index (χ2n) is 3.30. The first-order chi connectivity index (χ1) is 6.91. The number of carboxylic acid groups (broad SMARTS) is 1. The topological polar surface area (TPSA) is 37.3 Å². The van der Waals surface area contributed by atoms with Crippen molar-refractivity contribution in [2.24, 2.45) is 5.92 Å². The van der Waals surface area contributed by atoms with Crippen LogP contribution in [-0.2, 0) is 11.2 Å². The SMILES string of the molecule is CC(Cc1cc(F)cc(F)c1F)C(=O)O. The van der Waals surface area contributed by atoms with Crippen LogP contribution in [0.4, 0.5) is 13.2 Å². The van der Waals surface area contributed by atoms with Crippen molar-refractivity contribution in [3.8, 4) is 0 Å². The van der Waals surface area contributed by atoms with Gasteiger partial charge in [0.15, 0.2) is 11.6 Å². The van der Waals surface area contributed by atoms with Gasteiger partial charge in [-0.25, -0.2) is 13.2 Å². The van der Waals surface area contributed by atoms with Gasteiger partial charge in [-0.3, -0.25) is 4.79 Å². The summed E-state index contributed by atoms with van der Waals surface area (Å²) in [7, 11) is 0. The molecule has 82 valence electrons. The van der Waals surface area contributed by atoms with Gasteiger partial charge >= 0.3 is 5.97 Å².